The first-order valence-corrected chi connectivity index (χ1v) is 7.40. The van der Waals surface area contributed by atoms with E-state index in [4.69, 9.17) is 4.74 Å². The van der Waals surface area contributed by atoms with E-state index in [0.717, 1.165) is 19.5 Å². The zero-order valence-electron chi connectivity index (χ0n) is 13.2. The average molecular weight is 256 g/mol. The van der Waals surface area contributed by atoms with Crippen LogP contribution in [0.2, 0.25) is 0 Å². The molecule has 0 radical (unpaired) electrons. The van der Waals surface area contributed by atoms with Crippen molar-refractivity contribution in [1.29, 1.82) is 0 Å². The van der Waals surface area contributed by atoms with Crippen LogP contribution >= 0.6 is 0 Å². The third-order valence-electron chi connectivity index (χ3n) is 4.77. The summed E-state index contributed by atoms with van der Waals surface area (Å²) in [7, 11) is 1.81. The van der Waals surface area contributed by atoms with Gasteiger partial charge in [0, 0.05) is 38.3 Å². The summed E-state index contributed by atoms with van der Waals surface area (Å²) in [6.07, 6.45) is 3.50. The van der Waals surface area contributed by atoms with Crippen molar-refractivity contribution < 1.29 is 4.74 Å². The van der Waals surface area contributed by atoms with Crippen LogP contribution in [0, 0.1) is 0 Å². The number of rotatable bonds is 6. The molecule has 0 aliphatic carbocycles. The van der Waals surface area contributed by atoms with Crippen LogP contribution in [0.4, 0.5) is 0 Å². The molecule has 18 heavy (non-hydrogen) atoms. The quantitative estimate of drug-likeness (QED) is 0.791. The number of nitrogens with zero attached hydrogens (tertiary/aromatic N) is 1. The average Bonchev–Trinajstić information content (AvgIpc) is 2.38. The predicted molar refractivity (Wildman–Crippen MR) is 78.1 cm³/mol. The van der Waals surface area contributed by atoms with E-state index in [-0.39, 0.29) is 5.60 Å². The summed E-state index contributed by atoms with van der Waals surface area (Å²) in [5, 5.41) is 3.68. The molecule has 0 spiro atoms. The lowest BCUT2D eigenvalue weighted by Crippen LogP contribution is -2.63. The Morgan fingerprint density at radius 1 is 1.39 bits per heavy atom. The minimum atomic E-state index is -0.0127. The molecule has 3 nitrogen and oxygen atoms in total. The fourth-order valence-electron chi connectivity index (χ4n) is 2.52. The molecule has 1 saturated heterocycles. The van der Waals surface area contributed by atoms with E-state index in [1.54, 1.807) is 0 Å². The summed E-state index contributed by atoms with van der Waals surface area (Å²) in [6.45, 7) is 14.7. The molecule has 0 aromatic carbocycles. The standard InChI is InChI=1S/C15H32N2O/c1-7-13-11-17(10-9-14(3,4)18-6)15(5,8-2)12-16-13/h13,16H,7-12H2,1-6H3. The molecule has 0 aromatic heterocycles. The highest BCUT2D eigenvalue weighted by Crippen LogP contribution is 2.25. The summed E-state index contributed by atoms with van der Waals surface area (Å²) in [5.74, 6) is 0. The molecule has 1 aliphatic heterocycles. The molecular formula is C15H32N2O. The summed E-state index contributed by atoms with van der Waals surface area (Å²) >= 11 is 0. The van der Waals surface area contributed by atoms with Gasteiger partial charge >= 0.3 is 0 Å². The number of hydrogen-bond acceptors (Lipinski definition) is 3. The van der Waals surface area contributed by atoms with Crippen molar-refractivity contribution >= 4 is 0 Å². The van der Waals surface area contributed by atoms with Crippen LogP contribution in [0.1, 0.15) is 53.9 Å². The Labute approximate surface area is 113 Å². The second-order valence-corrected chi connectivity index (χ2v) is 6.50. The molecule has 0 aromatic rings. The molecule has 0 amide bonds. The molecule has 0 bridgehead atoms. The maximum absolute atomic E-state index is 5.54. The monoisotopic (exact) mass is 256 g/mol. The van der Waals surface area contributed by atoms with E-state index in [9.17, 15) is 0 Å². The highest BCUT2D eigenvalue weighted by molar-refractivity contribution is 4.95. The van der Waals surface area contributed by atoms with Gasteiger partial charge in [0.05, 0.1) is 5.60 Å². The Balaban J connectivity index is 2.62. The molecule has 2 atom stereocenters. The summed E-state index contributed by atoms with van der Waals surface area (Å²) in [4.78, 5) is 2.67. The van der Waals surface area contributed by atoms with E-state index in [1.165, 1.54) is 19.4 Å². The van der Waals surface area contributed by atoms with Crippen LogP contribution in [0.15, 0.2) is 0 Å². The fourth-order valence-corrected chi connectivity index (χ4v) is 2.52. The minimum absolute atomic E-state index is 0.0127. The first kappa shape index (κ1) is 15.9. The van der Waals surface area contributed by atoms with Crippen molar-refractivity contribution in [2.75, 3.05) is 26.7 Å². The molecule has 1 heterocycles. The van der Waals surface area contributed by atoms with E-state index in [0.29, 0.717) is 11.6 Å². The molecule has 0 saturated carbocycles. The van der Waals surface area contributed by atoms with Gasteiger partial charge in [-0.05, 0) is 40.0 Å². The van der Waals surface area contributed by atoms with Gasteiger partial charge in [0.25, 0.3) is 0 Å². The molecule has 1 rings (SSSR count). The summed E-state index contributed by atoms with van der Waals surface area (Å²) in [5.41, 5.74) is 0.288. The molecular weight excluding hydrogens is 224 g/mol. The number of ether oxygens (including phenoxy) is 1. The normalized spacial score (nSPS) is 30.7. The Hall–Kier alpha value is -0.120. The van der Waals surface area contributed by atoms with Crippen molar-refractivity contribution in [3.8, 4) is 0 Å². The lowest BCUT2D eigenvalue weighted by Gasteiger charge is -2.48. The molecule has 1 fully saturated rings. The zero-order valence-corrected chi connectivity index (χ0v) is 13.2. The van der Waals surface area contributed by atoms with Crippen molar-refractivity contribution in [3.05, 3.63) is 0 Å². The highest BCUT2D eigenvalue weighted by atomic mass is 16.5. The minimum Gasteiger partial charge on any atom is -0.379 e. The maximum atomic E-state index is 5.54. The van der Waals surface area contributed by atoms with Gasteiger partial charge in [0.15, 0.2) is 0 Å². The Morgan fingerprint density at radius 2 is 2.06 bits per heavy atom. The van der Waals surface area contributed by atoms with Crippen LogP contribution in [-0.4, -0.2) is 48.8 Å². The van der Waals surface area contributed by atoms with E-state index in [2.05, 4.69) is 44.8 Å². The number of piperazine rings is 1. The zero-order chi connectivity index (χ0) is 13.8. The smallest absolute Gasteiger partial charge is 0.0634 e. The Bertz CT molecular complexity index is 255. The van der Waals surface area contributed by atoms with Gasteiger partial charge in [-0.2, -0.15) is 0 Å². The molecule has 1 aliphatic rings. The topological polar surface area (TPSA) is 24.5 Å². The van der Waals surface area contributed by atoms with Gasteiger partial charge in [0.2, 0.25) is 0 Å². The molecule has 2 unspecified atom stereocenters. The number of hydrogen-bond donors (Lipinski definition) is 1. The Kier molecular flexibility index (Phi) is 5.63. The van der Waals surface area contributed by atoms with Crippen molar-refractivity contribution in [1.82, 2.24) is 10.2 Å². The van der Waals surface area contributed by atoms with Gasteiger partial charge in [-0.15, -0.1) is 0 Å². The summed E-state index contributed by atoms with van der Waals surface area (Å²) in [6, 6.07) is 0.648. The number of methoxy groups -OCH3 is 1. The van der Waals surface area contributed by atoms with Crippen molar-refractivity contribution in [2.45, 2.75) is 71.1 Å². The third-order valence-corrected chi connectivity index (χ3v) is 4.77. The van der Waals surface area contributed by atoms with Crippen LogP contribution in [-0.2, 0) is 4.74 Å². The van der Waals surface area contributed by atoms with Crippen LogP contribution < -0.4 is 5.32 Å². The molecule has 1 N–H and O–H groups in total. The lowest BCUT2D eigenvalue weighted by molar-refractivity contribution is -0.0155. The van der Waals surface area contributed by atoms with Crippen LogP contribution in [0.3, 0.4) is 0 Å². The molecule has 3 heteroatoms. The van der Waals surface area contributed by atoms with Crippen LogP contribution in [0.5, 0.6) is 0 Å². The van der Waals surface area contributed by atoms with E-state index in [1.807, 2.05) is 7.11 Å². The first-order valence-electron chi connectivity index (χ1n) is 7.40. The maximum Gasteiger partial charge on any atom is 0.0634 e. The fraction of sp³-hybridized carbons (Fsp3) is 1.00. The van der Waals surface area contributed by atoms with Gasteiger partial charge in [0.1, 0.15) is 0 Å². The van der Waals surface area contributed by atoms with E-state index < -0.39 is 0 Å². The van der Waals surface area contributed by atoms with Gasteiger partial charge in [-0.25, -0.2) is 0 Å². The third kappa shape index (κ3) is 3.94. The van der Waals surface area contributed by atoms with Crippen molar-refractivity contribution in [2.24, 2.45) is 0 Å². The molecule has 108 valence electrons. The second-order valence-electron chi connectivity index (χ2n) is 6.50. The number of nitrogens with one attached hydrogen (secondary N) is 1. The summed E-state index contributed by atoms with van der Waals surface area (Å²) < 4.78 is 5.54. The second kappa shape index (κ2) is 6.36. The first-order chi connectivity index (χ1) is 8.37. The van der Waals surface area contributed by atoms with Crippen LogP contribution in [0.25, 0.3) is 0 Å². The SMILES string of the molecule is CCC1CN(CCC(C)(C)OC)C(C)(CC)CN1. The van der Waals surface area contributed by atoms with E-state index >= 15 is 0 Å². The Morgan fingerprint density at radius 3 is 2.56 bits per heavy atom. The van der Waals surface area contributed by atoms with Gasteiger partial charge in [-0.3, -0.25) is 4.90 Å². The van der Waals surface area contributed by atoms with Gasteiger partial charge < -0.3 is 10.1 Å². The lowest BCUT2D eigenvalue weighted by atomic mass is 9.90. The largest absolute Gasteiger partial charge is 0.379 e. The predicted octanol–water partition coefficient (Wildman–Crippen LogP) is 2.65. The van der Waals surface area contributed by atoms with Gasteiger partial charge in [-0.1, -0.05) is 13.8 Å². The van der Waals surface area contributed by atoms with Crippen molar-refractivity contribution in [3.63, 3.8) is 0 Å². The highest BCUT2D eigenvalue weighted by Gasteiger charge is 2.36.